The van der Waals surface area contributed by atoms with Crippen LogP contribution in [0.25, 0.3) is 0 Å². The van der Waals surface area contributed by atoms with E-state index >= 15 is 0 Å². The first-order valence-corrected chi connectivity index (χ1v) is 8.67. The normalized spacial score (nSPS) is 24.0. The van der Waals surface area contributed by atoms with Crippen molar-refractivity contribution in [3.8, 4) is 0 Å². The Labute approximate surface area is 167 Å². The first kappa shape index (κ1) is 21.2. The highest BCUT2D eigenvalue weighted by Crippen LogP contribution is 2.44. The zero-order chi connectivity index (χ0) is 22.3. The SMILES string of the molecule is Cc1ccc(C(=O)[C@@H]2[C@@H](c3cccc([N+](=O)[O-])c3)NC(=O)N[C@@]2(O)C(F)(F)F)cc1. The van der Waals surface area contributed by atoms with E-state index in [1.807, 2.05) is 0 Å². The minimum Gasteiger partial charge on any atom is -0.363 e. The first-order chi connectivity index (χ1) is 13.9. The van der Waals surface area contributed by atoms with Gasteiger partial charge in [-0.15, -0.1) is 0 Å². The third-order valence-electron chi connectivity index (χ3n) is 4.86. The van der Waals surface area contributed by atoms with Crippen LogP contribution in [0.15, 0.2) is 48.5 Å². The summed E-state index contributed by atoms with van der Waals surface area (Å²) in [6, 6.07) is 7.07. The fraction of sp³-hybridized carbons (Fsp3) is 0.263. The molecule has 2 aromatic carbocycles. The second-order valence-corrected chi connectivity index (χ2v) is 6.90. The number of nitrogens with zero attached hydrogens (tertiary/aromatic N) is 1. The number of carbonyl (C=O) groups is 2. The lowest BCUT2D eigenvalue weighted by molar-refractivity contribution is -0.385. The summed E-state index contributed by atoms with van der Waals surface area (Å²) in [5.74, 6) is -3.35. The van der Waals surface area contributed by atoms with Crippen LogP contribution in [0.1, 0.15) is 27.5 Å². The fourth-order valence-electron chi connectivity index (χ4n) is 3.35. The van der Waals surface area contributed by atoms with Crippen LogP contribution in [0.5, 0.6) is 0 Å². The Morgan fingerprint density at radius 1 is 1.20 bits per heavy atom. The molecule has 3 rings (SSSR count). The molecule has 1 heterocycles. The summed E-state index contributed by atoms with van der Waals surface area (Å²) in [5.41, 5.74) is -3.85. The third-order valence-corrected chi connectivity index (χ3v) is 4.86. The lowest BCUT2D eigenvalue weighted by atomic mass is 9.77. The smallest absolute Gasteiger partial charge is 0.363 e. The van der Waals surface area contributed by atoms with Gasteiger partial charge in [0.2, 0.25) is 5.72 Å². The molecule has 3 atom stereocenters. The number of halogens is 3. The molecule has 2 amide bonds. The van der Waals surface area contributed by atoms with Crippen molar-refractivity contribution in [1.82, 2.24) is 10.6 Å². The summed E-state index contributed by atoms with van der Waals surface area (Å²) in [5, 5.41) is 25.1. The van der Waals surface area contributed by atoms with E-state index in [4.69, 9.17) is 0 Å². The Kier molecular flexibility index (Phi) is 5.25. The number of non-ortho nitro benzene ring substituents is 1. The fourth-order valence-corrected chi connectivity index (χ4v) is 3.35. The number of benzene rings is 2. The number of amides is 2. The van der Waals surface area contributed by atoms with Crippen molar-refractivity contribution in [2.75, 3.05) is 0 Å². The van der Waals surface area contributed by atoms with E-state index in [1.165, 1.54) is 41.7 Å². The number of nitro benzene ring substituents is 1. The largest absolute Gasteiger partial charge is 0.437 e. The number of aryl methyl sites for hydroxylation is 1. The van der Waals surface area contributed by atoms with Crippen molar-refractivity contribution in [2.45, 2.75) is 24.9 Å². The van der Waals surface area contributed by atoms with Crippen LogP contribution >= 0.6 is 0 Å². The van der Waals surface area contributed by atoms with Crippen LogP contribution < -0.4 is 10.6 Å². The van der Waals surface area contributed by atoms with E-state index in [9.17, 15) is 38.0 Å². The average Bonchev–Trinajstić information content (AvgIpc) is 2.66. The molecule has 1 aliphatic heterocycles. The zero-order valence-corrected chi connectivity index (χ0v) is 15.4. The summed E-state index contributed by atoms with van der Waals surface area (Å²) >= 11 is 0. The molecule has 0 radical (unpaired) electrons. The molecule has 0 saturated carbocycles. The molecule has 0 bridgehead atoms. The number of Topliss-reactive ketones (excluding diaryl/α,β-unsaturated/α-hetero) is 1. The highest BCUT2D eigenvalue weighted by atomic mass is 19.4. The van der Waals surface area contributed by atoms with Crippen LogP contribution in [0.4, 0.5) is 23.7 Å². The summed E-state index contributed by atoms with van der Waals surface area (Å²) in [7, 11) is 0. The van der Waals surface area contributed by atoms with Gasteiger partial charge in [-0.3, -0.25) is 14.9 Å². The van der Waals surface area contributed by atoms with Gasteiger partial charge in [0, 0.05) is 17.7 Å². The van der Waals surface area contributed by atoms with Gasteiger partial charge in [0.05, 0.1) is 11.0 Å². The molecule has 2 aromatic rings. The summed E-state index contributed by atoms with van der Waals surface area (Å²) in [6.45, 7) is 1.72. The first-order valence-electron chi connectivity index (χ1n) is 8.67. The predicted octanol–water partition coefficient (Wildman–Crippen LogP) is 3.01. The molecule has 3 N–H and O–H groups in total. The second kappa shape index (κ2) is 7.41. The standard InChI is InChI=1S/C19H16F3N3O5/c1-10-5-7-11(8-6-10)16(26)14-15(12-3-2-4-13(9-12)25(29)30)23-17(27)24-18(14,28)19(20,21)22/h2-9,14-15,28H,1H3,(H2,23,24,27)/t14-,15+,18-/m0/s1. The van der Waals surface area contributed by atoms with Crippen LogP contribution in [0.3, 0.4) is 0 Å². The van der Waals surface area contributed by atoms with Crippen molar-refractivity contribution >= 4 is 17.5 Å². The number of urea groups is 1. The topological polar surface area (TPSA) is 122 Å². The summed E-state index contributed by atoms with van der Waals surface area (Å²) in [4.78, 5) is 35.3. The van der Waals surface area contributed by atoms with Gasteiger partial charge in [0.15, 0.2) is 5.78 Å². The van der Waals surface area contributed by atoms with Gasteiger partial charge in [-0.25, -0.2) is 4.79 Å². The van der Waals surface area contributed by atoms with E-state index in [0.717, 1.165) is 17.7 Å². The Bertz CT molecular complexity index is 1010. The van der Waals surface area contributed by atoms with Crippen LogP contribution in [-0.2, 0) is 0 Å². The van der Waals surface area contributed by atoms with Crippen LogP contribution in [-0.4, -0.2) is 33.7 Å². The van der Waals surface area contributed by atoms with Gasteiger partial charge in [-0.05, 0) is 12.5 Å². The Hall–Kier alpha value is -3.47. The molecule has 30 heavy (non-hydrogen) atoms. The number of aliphatic hydroxyl groups is 1. The molecule has 0 aliphatic carbocycles. The molecule has 11 heteroatoms. The molecule has 1 aliphatic rings. The van der Waals surface area contributed by atoms with Crippen molar-refractivity contribution < 1.29 is 32.8 Å². The number of hydrogen-bond acceptors (Lipinski definition) is 5. The van der Waals surface area contributed by atoms with Crippen molar-refractivity contribution in [3.63, 3.8) is 0 Å². The van der Waals surface area contributed by atoms with Gasteiger partial charge in [0.25, 0.3) is 5.69 Å². The zero-order valence-electron chi connectivity index (χ0n) is 15.4. The highest BCUT2D eigenvalue weighted by Gasteiger charge is 2.66. The number of rotatable bonds is 4. The molecule has 0 spiro atoms. The second-order valence-electron chi connectivity index (χ2n) is 6.90. The number of nitrogens with one attached hydrogen (secondary N) is 2. The number of nitro groups is 1. The van der Waals surface area contributed by atoms with E-state index in [-0.39, 0.29) is 11.1 Å². The minimum absolute atomic E-state index is 0.123. The quantitative estimate of drug-likeness (QED) is 0.397. The van der Waals surface area contributed by atoms with Gasteiger partial charge in [-0.2, -0.15) is 13.2 Å². The lowest BCUT2D eigenvalue weighted by Gasteiger charge is -2.45. The van der Waals surface area contributed by atoms with E-state index in [2.05, 4.69) is 5.32 Å². The number of carbonyl (C=O) groups excluding carboxylic acids is 2. The van der Waals surface area contributed by atoms with Crippen LogP contribution in [0.2, 0.25) is 0 Å². The predicted molar refractivity (Wildman–Crippen MR) is 97.5 cm³/mol. The van der Waals surface area contributed by atoms with E-state index in [1.54, 1.807) is 6.92 Å². The number of ketones is 1. The Morgan fingerprint density at radius 2 is 1.83 bits per heavy atom. The maximum atomic E-state index is 13.8. The van der Waals surface area contributed by atoms with Crippen molar-refractivity contribution in [3.05, 3.63) is 75.3 Å². The lowest BCUT2D eigenvalue weighted by Crippen LogP contribution is -2.72. The third kappa shape index (κ3) is 3.71. The maximum Gasteiger partial charge on any atom is 0.437 e. The molecular formula is C19H16F3N3O5. The molecule has 158 valence electrons. The number of hydrogen-bond donors (Lipinski definition) is 3. The average molecular weight is 423 g/mol. The molecule has 1 saturated heterocycles. The highest BCUT2D eigenvalue weighted by molar-refractivity contribution is 6.00. The minimum atomic E-state index is -5.41. The summed E-state index contributed by atoms with van der Waals surface area (Å²) < 4.78 is 41.5. The molecule has 0 unspecified atom stereocenters. The van der Waals surface area contributed by atoms with Gasteiger partial charge >= 0.3 is 12.2 Å². The van der Waals surface area contributed by atoms with Crippen molar-refractivity contribution in [1.29, 1.82) is 0 Å². The summed E-state index contributed by atoms with van der Waals surface area (Å²) in [6.07, 6.45) is -5.41. The Balaban J connectivity index is 2.18. The van der Waals surface area contributed by atoms with E-state index < -0.39 is 46.3 Å². The van der Waals surface area contributed by atoms with Crippen LogP contribution in [0, 0.1) is 23.0 Å². The van der Waals surface area contributed by atoms with Gasteiger partial charge in [-0.1, -0.05) is 42.0 Å². The van der Waals surface area contributed by atoms with Gasteiger partial charge in [0.1, 0.15) is 5.92 Å². The molecule has 0 aromatic heterocycles. The van der Waals surface area contributed by atoms with E-state index in [0.29, 0.717) is 0 Å². The van der Waals surface area contributed by atoms with Crippen molar-refractivity contribution in [2.24, 2.45) is 5.92 Å². The monoisotopic (exact) mass is 423 g/mol. The number of alkyl halides is 3. The molecule has 8 nitrogen and oxygen atoms in total. The molecule has 1 fully saturated rings. The molecular weight excluding hydrogens is 407 g/mol. The maximum absolute atomic E-state index is 13.8. The Morgan fingerprint density at radius 3 is 2.40 bits per heavy atom. The van der Waals surface area contributed by atoms with Gasteiger partial charge < -0.3 is 15.7 Å².